The van der Waals surface area contributed by atoms with Crippen LogP contribution in [-0.2, 0) is 0 Å². The summed E-state index contributed by atoms with van der Waals surface area (Å²) >= 11 is 0. The smallest absolute Gasteiger partial charge is 0.125 e. The number of aliphatic hydroxyl groups excluding tert-OH is 1. The highest BCUT2D eigenvalue weighted by Crippen LogP contribution is 2.33. The monoisotopic (exact) mass is 262 g/mol. The Kier molecular flexibility index (Phi) is 4.87. The Labute approximate surface area is 116 Å². The minimum Gasteiger partial charge on any atom is -0.490 e. The summed E-state index contributed by atoms with van der Waals surface area (Å²) in [7, 11) is 0. The molecule has 0 heterocycles. The average Bonchev–Trinajstić information content (AvgIpc) is 2.39. The third-order valence-corrected chi connectivity index (χ3v) is 4.26. The minimum absolute atomic E-state index is 0.318. The molecule has 0 spiro atoms. The highest BCUT2D eigenvalue weighted by atomic mass is 16.5. The lowest BCUT2D eigenvalue weighted by atomic mass is 9.84. The van der Waals surface area contributed by atoms with E-state index in [-0.39, 0.29) is 0 Å². The minimum atomic E-state index is -0.473. The van der Waals surface area contributed by atoms with E-state index in [2.05, 4.69) is 19.9 Å². The second-order valence-corrected chi connectivity index (χ2v) is 5.83. The van der Waals surface area contributed by atoms with E-state index >= 15 is 0 Å². The van der Waals surface area contributed by atoms with Gasteiger partial charge in [-0.1, -0.05) is 25.5 Å². The van der Waals surface area contributed by atoms with Crippen LogP contribution in [-0.4, -0.2) is 11.2 Å². The molecule has 2 rings (SSSR count). The van der Waals surface area contributed by atoms with E-state index < -0.39 is 6.10 Å². The number of ether oxygens (including phenoxy) is 1. The molecule has 0 radical (unpaired) electrons. The number of hydrogen-bond donors (Lipinski definition) is 1. The van der Waals surface area contributed by atoms with E-state index in [0.29, 0.717) is 12.0 Å². The van der Waals surface area contributed by atoms with Crippen LogP contribution in [0.25, 0.3) is 0 Å². The van der Waals surface area contributed by atoms with E-state index in [9.17, 15) is 5.11 Å². The summed E-state index contributed by atoms with van der Waals surface area (Å²) in [5, 5.41) is 9.87. The van der Waals surface area contributed by atoms with Crippen LogP contribution in [0.4, 0.5) is 0 Å². The van der Waals surface area contributed by atoms with Gasteiger partial charge in [-0.2, -0.15) is 0 Å². The second-order valence-electron chi connectivity index (χ2n) is 5.83. The number of benzene rings is 1. The van der Waals surface area contributed by atoms with Crippen molar-refractivity contribution in [1.29, 1.82) is 0 Å². The maximum atomic E-state index is 9.87. The van der Waals surface area contributed by atoms with Crippen LogP contribution in [0.2, 0.25) is 0 Å². The first-order valence-corrected chi connectivity index (χ1v) is 7.57. The standard InChI is InChI=1S/C17H26O2/c1-4-14-7-5-6-8-16(14)19-17-11-12(2)9-10-15(17)13(3)18/h9-11,13-14,16,18H,4-8H2,1-3H3/t13-,14?,16?/m1/s1. The molecular weight excluding hydrogens is 236 g/mol. The Morgan fingerprint density at radius 1 is 1.32 bits per heavy atom. The summed E-state index contributed by atoms with van der Waals surface area (Å²) in [4.78, 5) is 0. The number of aryl methyl sites for hydroxylation is 1. The summed E-state index contributed by atoms with van der Waals surface area (Å²) < 4.78 is 6.27. The molecule has 2 unspecified atom stereocenters. The van der Waals surface area contributed by atoms with Crippen LogP contribution >= 0.6 is 0 Å². The normalized spacial score (nSPS) is 25.1. The lowest BCUT2D eigenvalue weighted by Crippen LogP contribution is -2.30. The van der Waals surface area contributed by atoms with Crippen LogP contribution in [0.15, 0.2) is 18.2 Å². The number of hydrogen-bond acceptors (Lipinski definition) is 2. The summed E-state index contributed by atoms with van der Waals surface area (Å²) in [5.41, 5.74) is 2.09. The molecule has 19 heavy (non-hydrogen) atoms. The Balaban J connectivity index is 2.19. The maximum absolute atomic E-state index is 9.87. The third-order valence-electron chi connectivity index (χ3n) is 4.26. The first kappa shape index (κ1) is 14.4. The van der Waals surface area contributed by atoms with Gasteiger partial charge in [0.2, 0.25) is 0 Å². The van der Waals surface area contributed by atoms with Crippen LogP contribution in [0.1, 0.15) is 63.2 Å². The Morgan fingerprint density at radius 3 is 2.74 bits per heavy atom. The van der Waals surface area contributed by atoms with Gasteiger partial charge in [-0.3, -0.25) is 0 Å². The zero-order valence-electron chi connectivity index (χ0n) is 12.4. The van der Waals surface area contributed by atoms with E-state index in [4.69, 9.17) is 4.74 Å². The van der Waals surface area contributed by atoms with Gasteiger partial charge in [0.05, 0.1) is 6.10 Å². The van der Waals surface area contributed by atoms with E-state index in [1.54, 1.807) is 6.92 Å². The van der Waals surface area contributed by atoms with Crippen molar-refractivity contribution in [2.45, 2.75) is 65.1 Å². The molecule has 1 aliphatic carbocycles. The molecule has 1 aliphatic rings. The molecule has 2 heteroatoms. The highest BCUT2D eigenvalue weighted by Gasteiger charge is 2.26. The van der Waals surface area contributed by atoms with Crippen molar-refractivity contribution < 1.29 is 9.84 Å². The van der Waals surface area contributed by atoms with Crippen molar-refractivity contribution in [3.63, 3.8) is 0 Å². The Hall–Kier alpha value is -1.02. The molecule has 0 aliphatic heterocycles. The fraction of sp³-hybridized carbons (Fsp3) is 0.647. The predicted octanol–water partition coefficient (Wildman–Crippen LogP) is 4.40. The van der Waals surface area contributed by atoms with Crippen LogP contribution in [0, 0.1) is 12.8 Å². The fourth-order valence-corrected chi connectivity index (χ4v) is 3.05. The molecule has 1 N–H and O–H groups in total. The summed E-state index contributed by atoms with van der Waals surface area (Å²) in [6.07, 6.45) is 6.03. The van der Waals surface area contributed by atoms with Gasteiger partial charge in [0.1, 0.15) is 11.9 Å². The topological polar surface area (TPSA) is 29.5 Å². The molecule has 1 fully saturated rings. The van der Waals surface area contributed by atoms with Crippen LogP contribution in [0.5, 0.6) is 5.75 Å². The molecule has 1 aromatic rings. The molecule has 0 amide bonds. The van der Waals surface area contributed by atoms with Crippen LogP contribution in [0.3, 0.4) is 0 Å². The van der Waals surface area contributed by atoms with Gasteiger partial charge in [0.15, 0.2) is 0 Å². The zero-order valence-corrected chi connectivity index (χ0v) is 12.4. The Bertz CT molecular complexity index is 412. The molecule has 1 aromatic carbocycles. The van der Waals surface area contributed by atoms with Gasteiger partial charge in [-0.05, 0) is 57.1 Å². The third kappa shape index (κ3) is 3.50. The summed E-state index contributed by atoms with van der Waals surface area (Å²) in [6.45, 7) is 6.12. The van der Waals surface area contributed by atoms with Crippen molar-refractivity contribution in [3.05, 3.63) is 29.3 Å². The van der Waals surface area contributed by atoms with Gasteiger partial charge in [-0.25, -0.2) is 0 Å². The Morgan fingerprint density at radius 2 is 2.05 bits per heavy atom. The molecule has 0 bridgehead atoms. The second kappa shape index (κ2) is 6.42. The molecule has 3 atom stereocenters. The molecular formula is C17H26O2. The quantitative estimate of drug-likeness (QED) is 0.871. The van der Waals surface area contributed by atoms with Crippen LogP contribution < -0.4 is 4.74 Å². The summed E-state index contributed by atoms with van der Waals surface area (Å²) in [6, 6.07) is 6.08. The molecule has 106 valence electrons. The zero-order chi connectivity index (χ0) is 13.8. The average molecular weight is 262 g/mol. The first-order chi connectivity index (χ1) is 9.11. The van der Waals surface area contributed by atoms with Crippen molar-refractivity contribution in [3.8, 4) is 5.75 Å². The van der Waals surface area contributed by atoms with Gasteiger partial charge in [0, 0.05) is 5.56 Å². The SMILES string of the molecule is CCC1CCCCC1Oc1cc(C)ccc1[C@@H](C)O. The van der Waals surface area contributed by atoms with Crippen molar-refractivity contribution >= 4 is 0 Å². The fourth-order valence-electron chi connectivity index (χ4n) is 3.05. The molecule has 2 nitrogen and oxygen atoms in total. The lowest BCUT2D eigenvalue weighted by molar-refractivity contribution is 0.0854. The van der Waals surface area contributed by atoms with Gasteiger partial charge >= 0.3 is 0 Å². The highest BCUT2D eigenvalue weighted by molar-refractivity contribution is 5.38. The van der Waals surface area contributed by atoms with Crippen molar-refractivity contribution in [2.75, 3.05) is 0 Å². The number of aliphatic hydroxyl groups is 1. The molecule has 0 aromatic heterocycles. The largest absolute Gasteiger partial charge is 0.490 e. The molecule has 1 saturated carbocycles. The summed E-state index contributed by atoms with van der Waals surface area (Å²) in [5.74, 6) is 1.54. The van der Waals surface area contributed by atoms with Crippen molar-refractivity contribution in [1.82, 2.24) is 0 Å². The van der Waals surface area contributed by atoms with Gasteiger partial charge < -0.3 is 9.84 Å². The van der Waals surface area contributed by atoms with E-state index in [1.807, 2.05) is 12.1 Å². The van der Waals surface area contributed by atoms with Crippen molar-refractivity contribution in [2.24, 2.45) is 5.92 Å². The van der Waals surface area contributed by atoms with E-state index in [1.165, 1.54) is 31.2 Å². The van der Waals surface area contributed by atoms with E-state index in [0.717, 1.165) is 17.7 Å². The predicted molar refractivity (Wildman–Crippen MR) is 78.5 cm³/mol. The van der Waals surface area contributed by atoms with Gasteiger partial charge in [0.25, 0.3) is 0 Å². The van der Waals surface area contributed by atoms with Gasteiger partial charge in [-0.15, -0.1) is 0 Å². The first-order valence-electron chi connectivity index (χ1n) is 7.57. The maximum Gasteiger partial charge on any atom is 0.125 e. The lowest BCUT2D eigenvalue weighted by Gasteiger charge is -2.32. The number of rotatable bonds is 4. The molecule has 0 saturated heterocycles.